The number of aromatic nitrogens is 1. The van der Waals surface area contributed by atoms with Gasteiger partial charge in [-0.1, -0.05) is 6.07 Å². The molecular weight excluding hydrogens is 312 g/mol. The van der Waals surface area contributed by atoms with Gasteiger partial charge in [0.25, 0.3) is 0 Å². The smallest absolute Gasteiger partial charge is 0.248 e. The minimum atomic E-state index is -0.731. The molecule has 1 aromatic carbocycles. The Morgan fingerprint density at radius 2 is 2.04 bits per heavy atom. The summed E-state index contributed by atoms with van der Waals surface area (Å²) in [5, 5.41) is 24.2. The van der Waals surface area contributed by atoms with Crippen LogP contribution >= 0.6 is 11.3 Å². The predicted molar refractivity (Wildman–Crippen MR) is 92.0 cm³/mol. The summed E-state index contributed by atoms with van der Waals surface area (Å²) in [7, 11) is 0. The Morgan fingerprint density at radius 3 is 2.78 bits per heavy atom. The van der Waals surface area contributed by atoms with Crippen LogP contribution in [0, 0.1) is 6.92 Å². The van der Waals surface area contributed by atoms with Gasteiger partial charge in [-0.3, -0.25) is 4.79 Å². The molecule has 0 aliphatic rings. The molecule has 0 aliphatic carbocycles. The van der Waals surface area contributed by atoms with Crippen LogP contribution in [0.15, 0.2) is 41.2 Å². The Morgan fingerprint density at radius 1 is 1.22 bits per heavy atom. The van der Waals surface area contributed by atoms with E-state index in [1.165, 1.54) is 21.9 Å². The molecule has 0 saturated heterocycles. The van der Waals surface area contributed by atoms with Crippen LogP contribution < -0.4 is 10.9 Å². The average molecular weight is 330 g/mol. The fraction of sp³-hybridized carbons (Fsp3) is 0.235. The molecule has 0 spiro atoms. The zero-order chi connectivity index (χ0) is 16.4. The van der Waals surface area contributed by atoms with E-state index in [0.29, 0.717) is 29.6 Å². The molecule has 4 N–H and O–H groups in total. The lowest BCUT2D eigenvalue weighted by molar-refractivity contribution is 0.176. The van der Waals surface area contributed by atoms with Crippen LogP contribution in [0.2, 0.25) is 0 Å². The second-order valence-corrected chi connectivity index (χ2v) is 6.82. The summed E-state index contributed by atoms with van der Waals surface area (Å²) in [5.74, 6) is -0.00401. The van der Waals surface area contributed by atoms with Gasteiger partial charge in [0.2, 0.25) is 5.56 Å². The van der Waals surface area contributed by atoms with E-state index in [0.717, 1.165) is 0 Å². The largest absolute Gasteiger partial charge is 0.506 e. The van der Waals surface area contributed by atoms with Crippen LogP contribution in [0.25, 0.3) is 10.9 Å². The number of thiophene rings is 1. The fourth-order valence-corrected chi connectivity index (χ4v) is 3.43. The minimum Gasteiger partial charge on any atom is -0.506 e. The molecule has 5 nitrogen and oxygen atoms in total. The molecule has 120 valence electrons. The second kappa shape index (κ2) is 6.54. The molecule has 0 saturated carbocycles. The van der Waals surface area contributed by atoms with Crippen LogP contribution in [-0.4, -0.2) is 21.7 Å². The van der Waals surface area contributed by atoms with Crippen molar-refractivity contribution in [2.45, 2.75) is 19.6 Å². The number of hydrogen-bond donors (Lipinski definition) is 4. The maximum absolute atomic E-state index is 11.4. The van der Waals surface area contributed by atoms with Crippen molar-refractivity contribution in [3.05, 3.63) is 62.1 Å². The van der Waals surface area contributed by atoms with Gasteiger partial charge >= 0.3 is 0 Å². The first-order valence-electron chi connectivity index (χ1n) is 7.33. The average Bonchev–Trinajstić information content (AvgIpc) is 2.93. The number of phenols is 1. The maximum Gasteiger partial charge on any atom is 0.248 e. The predicted octanol–water partition coefficient (Wildman–Crippen LogP) is 2.43. The van der Waals surface area contributed by atoms with Crippen molar-refractivity contribution < 1.29 is 10.2 Å². The Kier molecular flexibility index (Phi) is 4.47. The summed E-state index contributed by atoms with van der Waals surface area (Å²) < 4.78 is 0. The first-order chi connectivity index (χ1) is 11.0. The number of aliphatic hydroxyl groups is 1. The van der Waals surface area contributed by atoms with Gasteiger partial charge in [-0.05, 0) is 36.8 Å². The van der Waals surface area contributed by atoms with Crippen molar-refractivity contribution in [2.75, 3.05) is 6.54 Å². The molecule has 0 amide bonds. The molecule has 3 aromatic rings. The first-order valence-corrected chi connectivity index (χ1v) is 8.15. The van der Waals surface area contributed by atoms with Gasteiger partial charge in [-0.15, -0.1) is 11.3 Å². The van der Waals surface area contributed by atoms with Crippen molar-refractivity contribution in [1.29, 1.82) is 0 Å². The topological polar surface area (TPSA) is 85.3 Å². The highest BCUT2D eigenvalue weighted by molar-refractivity contribution is 7.11. The van der Waals surface area contributed by atoms with Gasteiger partial charge in [0.1, 0.15) is 5.75 Å². The van der Waals surface area contributed by atoms with E-state index in [4.69, 9.17) is 0 Å². The number of aliphatic hydroxyl groups excluding tert-OH is 1. The second-order valence-electron chi connectivity index (χ2n) is 5.44. The monoisotopic (exact) mass is 330 g/mol. The van der Waals surface area contributed by atoms with E-state index < -0.39 is 6.10 Å². The third-order valence-electron chi connectivity index (χ3n) is 3.70. The Labute approximate surface area is 137 Å². The van der Waals surface area contributed by atoms with Crippen molar-refractivity contribution in [2.24, 2.45) is 0 Å². The Bertz CT molecular complexity index is 885. The summed E-state index contributed by atoms with van der Waals surface area (Å²) in [6, 6.07) is 10.3. The van der Waals surface area contributed by atoms with Crippen LogP contribution in [0.4, 0.5) is 0 Å². The van der Waals surface area contributed by atoms with Crippen molar-refractivity contribution in [3.63, 3.8) is 0 Å². The quantitative estimate of drug-likeness (QED) is 0.579. The molecule has 0 aliphatic heterocycles. The van der Waals surface area contributed by atoms with Crippen LogP contribution in [-0.2, 0) is 6.54 Å². The lowest BCUT2D eigenvalue weighted by atomic mass is 10.0. The van der Waals surface area contributed by atoms with Crippen LogP contribution in [0.5, 0.6) is 5.75 Å². The maximum atomic E-state index is 11.4. The summed E-state index contributed by atoms with van der Waals surface area (Å²) in [5.41, 5.74) is 0.734. The molecule has 2 heterocycles. The summed E-state index contributed by atoms with van der Waals surface area (Å²) in [4.78, 5) is 16.5. The summed E-state index contributed by atoms with van der Waals surface area (Å²) in [6.07, 6.45) is -0.731. The molecule has 2 aromatic heterocycles. The lowest BCUT2D eigenvalue weighted by Crippen LogP contribution is -2.21. The molecule has 3 rings (SSSR count). The molecule has 0 bridgehead atoms. The first kappa shape index (κ1) is 15.7. The highest BCUT2D eigenvalue weighted by Crippen LogP contribution is 2.28. The van der Waals surface area contributed by atoms with Crippen molar-refractivity contribution >= 4 is 22.2 Å². The summed E-state index contributed by atoms with van der Waals surface area (Å²) in [6.45, 7) is 3.14. The highest BCUT2D eigenvalue weighted by Gasteiger charge is 2.13. The molecular formula is C17H18N2O3S. The Hall–Kier alpha value is -2.15. The molecule has 0 fully saturated rings. The SMILES string of the molecule is Cc1ccc(CNC[C@H](O)c2ccc(O)c3[nH]c(=O)ccc23)s1. The number of aryl methyl sites for hydroxylation is 1. The van der Waals surface area contributed by atoms with Gasteiger partial charge in [0.15, 0.2) is 0 Å². The van der Waals surface area contributed by atoms with E-state index in [2.05, 4.69) is 29.4 Å². The van der Waals surface area contributed by atoms with Gasteiger partial charge in [0, 0.05) is 34.3 Å². The lowest BCUT2D eigenvalue weighted by Gasteiger charge is -2.15. The van der Waals surface area contributed by atoms with E-state index in [1.807, 2.05) is 0 Å². The standard InChI is InChI=1S/C17H18N2O3S/c1-10-2-3-11(23-10)8-18-9-15(21)12-4-6-14(20)17-13(12)5-7-16(22)19-17/h2-7,15,18,20-21H,8-9H2,1H3,(H,19,22)/t15-/m0/s1. The number of aromatic hydroxyl groups is 1. The minimum absolute atomic E-state index is 0.00401. The molecule has 0 radical (unpaired) electrons. The van der Waals surface area contributed by atoms with Gasteiger partial charge in [-0.2, -0.15) is 0 Å². The van der Waals surface area contributed by atoms with Crippen molar-refractivity contribution in [3.8, 4) is 5.75 Å². The van der Waals surface area contributed by atoms with E-state index >= 15 is 0 Å². The van der Waals surface area contributed by atoms with Crippen molar-refractivity contribution in [1.82, 2.24) is 10.3 Å². The van der Waals surface area contributed by atoms with E-state index in [-0.39, 0.29) is 11.3 Å². The normalized spacial score (nSPS) is 12.6. The van der Waals surface area contributed by atoms with Crippen LogP contribution in [0.3, 0.4) is 0 Å². The number of hydrogen-bond acceptors (Lipinski definition) is 5. The number of phenolic OH excluding ortho intramolecular Hbond substituents is 1. The molecule has 1 atom stereocenters. The molecule has 0 unspecified atom stereocenters. The van der Waals surface area contributed by atoms with E-state index in [9.17, 15) is 15.0 Å². The number of pyridine rings is 1. The number of aromatic amines is 1. The fourth-order valence-electron chi connectivity index (χ4n) is 2.57. The number of nitrogens with one attached hydrogen (secondary N) is 2. The zero-order valence-corrected chi connectivity index (χ0v) is 13.5. The van der Waals surface area contributed by atoms with Gasteiger partial charge in [-0.25, -0.2) is 0 Å². The highest BCUT2D eigenvalue weighted by atomic mass is 32.1. The molecule has 23 heavy (non-hydrogen) atoms. The number of benzene rings is 1. The Balaban J connectivity index is 1.77. The van der Waals surface area contributed by atoms with Gasteiger partial charge in [0.05, 0.1) is 11.6 Å². The van der Waals surface area contributed by atoms with E-state index in [1.54, 1.807) is 23.5 Å². The summed E-state index contributed by atoms with van der Waals surface area (Å²) >= 11 is 1.72. The number of fused-ring (bicyclic) bond motifs is 1. The van der Waals surface area contributed by atoms with Gasteiger partial charge < -0.3 is 20.5 Å². The van der Waals surface area contributed by atoms with Crippen LogP contribution in [0.1, 0.15) is 21.4 Å². The zero-order valence-electron chi connectivity index (χ0n) is 12.7. The number of H-pyrrole nitrogens is 1. The molecule has 6 heteroatoms. The third-order valence-corrected chi connectivity index (χ3v) is 4.70. The third kappa shape index (κ3) is 3.44. The number of rotatable bonds is 5.